The monoisotopic (exact) mass is 370 g/mol. The van der Waals surface area contributed by atoms with Crippen molar-refractivity contribution in [1.29, 1.82) is 0 Å². The topological polar surface area (TPSA) is 83.8 Å². The molecule has 1 atom stereocenters. The van der Waals surface area contributed by atoms with Crippen LogP contribution in [0.4, 0.5) is 0 Å². The summed E-state index contributed by atoms with van der Waals surface area (Å²) in [4.78, 5) is 24.5. The molecule has 2 N–H and O–H groups in total. The molecule has 2 aromatic carbocycles. The van der Waals surface area contributed by atoms with Gasteiger partial charge in [-0.2, -0.15) is 0 Å². The molecule has 2 rings (SSSR count). The van der Waals surface area contributed by atoms with Gasteiger partial charge in [0.25, 0.3) is 0 Å². The molecule has 0 bridgehead atoms. The Morgan fingerprint density at radius 1 is 0.815 bits per heavy atom. The van der Waals surface area contributed by atoms with Crippen molar-refractivity contribution in [3.8, 4) is 0 Å². The number of carbonyl (C=O) groups excluding carboxylic acids is 2. The molecular weight excluding hydrogens is 344 g/mol. The maximum atomic E-state index is 12.3. The van der Waals surface area contributed by atoms with Crippen LogP contribution in [-0.4, -0.2) is 40.1 Å². The fourth-order valence-corrected chi connectivity index (χ4v) is 2.82. The summed E-state index contributed by atoms with van der Waals surface area (Å²) < 4.78 is 5.60. The van der Waals surface area contributed by atoms with Gasteiger partial charge in [0.15, 0.2) is 11.6 Å². The largest absolute Gasteiger partial charge is 0.382 e. The number of ketones is 2. The number of rotatable bonds is 7. The second kappa shape index (κ2) is 7.72. The van der Waals surface area contributed by atoms with Crippen LogP contribution in [0.3, 0.4) is 0 Å². The van der Waals surface area contributed by atoms with Gasteiger partial charge in [-0.3, -0.25) is 9.59 Å². The van der Waals surface area contributed by atoms with Gasteiger partial charge in [0, 0.05) is 18.2 Å². The number of benzene rings is 2. The third kappa shape index (κ3) is 4.89. The van der Waals surface area contributed by atoms with Crippen LogP contribution in [0.1, 0.15) is 65.6 Å². The molecule has 0 aliphatic heterocycles. The van der Waals surface area contributed by atoms with Gasteiger partial charge in [0.05, 0.1) is 0 Å². The van der Waals surface area contributed by atoms with Gasteiger partial charge in [0.1, 0.15) is 17.3 Å². The highest BCUT2D eigenvalue weighted by molar-refractivity contribution is 6.02. The number of carbonyl (C=O) groups is 2. The van der Waals surface area contributed by atoms with Crippen molar-refractivity contribution in [3.05, 3.63) is 70.8 Å². The molecule has 2 aromatic rings. The van der Waals surface area contributed by atoms with Crippen molar-refractivity contribution in [2.75, 3.05) is 7.11 Å². The minimum atomic E-state index is -1.46. The van der Waals surface area contributed by atoms with E-state index in [1.54, 1.807) is 49.6 Å². The first-order chi connectivity index (χ1) is 12.4. The van der Waals surface area contributed by atoms with Crippen molar-refractivity contribution in [2.45, 2.75) is 45.0 Å². The Morgan fingerprint density at radius 2 is 1.33 bits per heavy atom. The van der Waals surface area contributed by atoms with E-state index in [1.165, 1.54) is 27.7 Å². The Balaban J connectivity index is 2.35. The van der Waals surface area contributed by atoms with Gasteiger partial charge < -0.3 is 14.9 Å². The summed E-state index contributed by atoms with van der Waals surface area (Å²) >= 11 is 0. The molecular formula is C22H26O5. The average molecular weight is 370 g/mol. The zero-order valence-electron chi connectivity index (χ0n) is 16.3. The van der Waals surface area contributed by atoms with Crippen LogP contribution in [0.5, 0.6) is 0 Å². The number of Topliss-reactive ketones (excluding diaryl/α,β-unsaturated/α-hetero) is 2. The highest BCUT2D eigenvalue weighted by Crippen LogP contribution is 2.28. The van der Waals surface area contributed by atoms with Crippen LogP contribution in [0.15, 0.2) is 48.5 Å². The minimum Gasteiger partial charge on any atom is -0.382 e. The normalized spacial score (nSPS) is 13.3. The van der Waals surface area contributed by atoms with Gasteiger partial charge >= 0.3 is 0 Å². The van der Waals surface area contributed by atoms with Crippen LogP contribution in [0.25, 0.3) is 0 Å². The number of methoxy groups -OCH3 is 1. The van der Waals surface area contributed by atoms with E-state index in [-0.39, 0.29) is 11.6 Å². The number of aliphatic hydroxyl groups is 2. The first-order valence-electron chi connectivity index (χ1n) is 8.72. The maximum Gasteiger partial charge on any atom is 0.193 e. The summed E-state index contributed by atoms with van der Waals surface area (Å²) in [5.74, 6) is -0.730. The molecule has 0 amide bonds. The Morgan fingerprint density at radius 3 is 1.81 bits per heavy atom. The number of ether oxygens (including phenoxy) is 1. The van der Waals surface area contributed by atoms with Crippen molar-refractivity contribution >= 4 is 11.6 Å². The first-order valence-corrected chi connectivity index (χ1v) is 8.72. The van der Waals surface area contributed by atoms with Gasteiger partial charge in [-0.1, -0.05) is 42.5 Å². The SMILES string of the molecule is COC(c1ccc(C(=O)C(C)(C)O)cc1)c1cccc(C(=O)C(C)(C)O)c1. The number of hydrogen-bond acceptors (Lipinski definition) is 5. The average Bonchev–Trinajstić information content (AvgIpc) is 2.60. The zero-order valence-corrected chi connectivity index (χ0v) is 16.3. The van der Waals surface area contributed by atoms with E-state index >= 15 is 0 Å². The van der Waals surface area contributed by atoms with E-state index in [0.29, 0.717) is 11.1 Å². The fraction of sp³-hybridized carbons (Fsp3) is 0.364. The standard InChI is InChI=1S/C22H26O5/c1-21(2,25)19(23)15-11-9-14(10-12-15)18(27-5)16-7-6-8-17(13-16)20(24)22(3,4)26/h6-13,18,25-26H,1-5H3. The lowest BCUT2D eigenvalue weighted by Crippen LogP contribution is -2.31. The van der Waals surface area contributed by atoms with Gasteiger partial charge in [-0.15, -0.1) is 0 Å². The summed E-state index contributed by atoms with van der Waals surface area (Å²) in [6.45, 7) is 5.81. The Labute approximate surface area is 159 Å². The third-order valence-corrected chi connectivity index (χ3v) is 4.27. The molecule has 0 saturated carbocycles. The van der Waals surface area contributed by atoms with Gasteiger partial charge in [0.2, 0.25) is 0 Å². The number of hydrogen-bond donors (Lipinski definition) is 2. The summed E-state index contributed by atoms with van der Waals surface area (Å²) in [7, 11) is 1.56. The summed E-state index contributed by atoms with van der Waals surface area (Å²) in [5.41, 5.74) is -0.524. The lowest BCUT2D eigenvalue weighted by atomic mass is 9.92. The molecule has 0 heterocycles. The molecule has 0 radical (unpaired) electrons. The van der Waals surface area contributed by atoms with E-state index in [0.717, 1.165) is 11.1 Å². The second-order valence-electron chi connectivity index (χ2n) is 7.64. The van der Waals surface area contributed by atoms with E-state index < -0.39 is 17.3 Å². The Bertz CT molecular complexity index is 823. The quantitative estimate of drug-likeness (QED) is 0.731. The summed E-state index contributed by atoms with van der Waals surface area (Å²) in [5, 5.41) is 19.8. The highest BCUT2D eigenvalue weighted by atomic mass is 16.5. The smallest absolute Gasteiger partial charge is 0.193 e. The fourth-order valence-electron chi connectivity index (χ4n) is 2.82. The summed E-state index contributed by atoms with van der Waals surface area (Å²) in [6.07, 6.45) is -0.439. The maximum absolute atomic E-state index is 12.3. The van der Waals surface area contributed by atoms with Crippen LogP contribution < -0.4 is 0 Å². The molecule has 0 aliphatic rings. The molecule has 5 nitrogen and oxygen atoms in total. The molecule has 144 valence electrons. The zero-order chi connectivity index (χ0) is 20.4. The first kappa shape index (κ1) is 21.0. The summed E-state index contributed by atoms with van der Waals surface area (Å²) in [6, 6.07) is 13.7. The van der Waals surface area contributed by atoms with Crippen molar-refractivity contribution in [2.24, 2.45) is 0 Å². The van der Waals surface area contributed by atoms with Crippen LogP contribution >= 0.6 is 0 Å². The predicted molar refractivity (Wildman–Crippen MR) is 103 cm³/mol. The lowest BCUT2D eigenvalue weighted by molar-refractivity contribution is 0.0486. The third-order valence-electron chi connectivity index (χ3n) is 4.27. The van der Waals surface area contributed by atoms with E-state index in [4.69, 9.17) is 4.74 Å². The van der Waals surface area contributed by atoms with Crippen molar-refractivity contribution in [1.82, 2.24) is 0 Å². The molecule has 0 aromatic heterocycles. The lowest BCUT2D eigenvalue weighted by Gasteiger charge is -2.20. The molecule has 1 unspecified atom stereocenters. The van der Waals surface area contributed by atoms with Crippen LogP contribution in [-0.2, 0) is 4.74 Å². The van der Waals surface area contributed by atoms with E-state index in [1.807, 2.05) is 6.07 Å². The van der Waals surface area contributed by atoms with Crippen molar-refractivity contribution < 1.29 is 24.5 Å². The van der Waals surface area contributed by atoms with Crippen LogP contribution in [0.2, 0.25) is 0 Å². The van der Waals surface area contributed by atoms with Crippen molar-refractivity contribution in [3.63, 3.8) is 0 Å². The molecule has 5 heteroatoms. The predicted octanol–water partition coefficient (Wildman–Crippen LogP) is 3.33. The van der Waals surface area contributed by atoms with Gasteiger partial charge in [-0.25, -0.2) is 0 Å². The highest BCUT2D eigenvalue weighted by Gasteiger charge is 2.27. The Kier molecular flexibility index (Phi) is 6.00. The minimum absolute atomic E-state index is 0.360. The second-order valence-corrected chi connectivity index (χ2v) is 7.64. The van der Waals surface area contributed by atoms with Crippen LogP contribution in [0, 0.1) is 0 Å². The Hall–Kier alpha value is -2.34. The van der Waals surface area contributed by atoms with Gasteiger partial charge in [-0.05, 0) is 44.9 Å². The van der Waals surface area contributed by atoms with E-state index in [9.17, 15) is 19.8 Å². The molecule has 0 fully saturated rings. The van der Waals surface area contributed by atoms with E-state index in [2.05, 4.69) is 0 Å². The molecule has 0 saturated heterocycles. The molecule has 0 spiro atoms. The molecule has 0 aliphatic carbocycles. The molecule has 27 heavy (non-hydrogen) atoms.